The molecular weight excluding hydrogens is 255 g/mol. The molecule has 3 nitrogen and oxygen atoms in total. The standard InChI is InChI=1S/C16H25FN2O/c1-11-8-15(13(12(2)18)9-14(11)17)19(3)10-16(20)6-4-5-7-16/h8-9,12,20H,4-7,10,18H2,1-3H3/t12-/m0/s1. The van der Waals surface area contributed by atoms with Gasteiger partial charge in [-0.15, -0.1) is 0 Å². The van der Waals surface area contributed by atoms with Gasteiger partial charge in [0.15, 0.2) is 0 Å². The second-order valence-corrected chi connectivity index (χ2v) is 6.24. The molecule has 0 aromatic heterocycles. The molecule has 20 heavy (non-hydrogen) atoms. The molecule has 112 valence electrons. The first-order valence-corrected chi connectivity index (χ1v) is 7.31. The zero-order valence-electron chi connectivity index (χ0n) is 12.6. The highest BCUT2D eigenvalue weighted by molar-refractivity contribution is 5.56. The van der Waals surface area contributed by atoms with E-state index in [9.17, 15) is 9.50 Å². The van der Waals surface area contributed by atoms with Gasteiger partial charge in [0.05, 0.1) is 5.60 Å². The molecule has 0 amide bonds. The van der Waals surface area contributed by atoms with Crippen molar-refractivity contribution in [3.8, 4) is 0 Å². The minimum atomic E-state index is -0.619. The summed E-state index contributed by atoms with van der Waals surface area (Å²) in [5, 5.41) is 10.5. The molecule has 1 saturated carbocycles. The summed E-state index contributed by atoms with van der Waals surface area (Å²) in [7, 11) is 1.94. The zero-order valence-corrected chi connectivity index (χ0v) is 12.6. The largest absolute Gasteiger partial charge is 0.388 e. The molecule has 0 aliphatic heterocycles. The van der Waals surface area contributed by atoms with Crippen LogP contribution in [0.4, 0.5) is 10.1 Å². The number of hydrogen-bond donors (Lipinski definition) is 2. The van der Waals surface area contributed by atoms with Crippen molar-refractivity contribution in [2.24, 2.45) is 5.73 Å². The summed E-state index contributed by atoms with van der Waals surface area (Å²) in [4.78, 5) is 2.01. The molecule has 0 radical (unpaired) electrons. The molecule has 2 rings (SSSR count). The molecule has 0 heterocycles. The summed E-state index contributed by atoms with van der Waals surface area (Å²) >= 11 is 0. The van der Waals surface area contributed by atoms with Crippen LogP contribution in [-0.2, 0) is 0 Å². The van der Waals surface area contributed by atoms with Crippen LogP contribution in [0.5, 0.6) is 0 Å². The van der Waals surface area contributed by atoms with Gasteiger partial charge in [0, 0.05) is 25.3 Å². The third kappa shape index (κ3) is 3.13. The van der Waals surface area contributed by atoms with E-state index in [0.717, 1.165) is 36.9 Å². The van der Waals surface area contributed by atoms with Crippen LogP contribution in [0.1, 0.15) is 49.8 Å². The van der Waals surface area contributed by atoms with E-state index >= 15 is 0 Å². The summed E-state index contributed by atoms with van der Waals surface area (Å²) in [6.07, 6.45) is 3.83. The van der Waals surface area contributed by atoms with Crippen LogP contribution in [0.3, 0.4) is 0 Å². The molecule has 1 aromatic carbocycles. The first-order chi connectivity index (χ1) is 9.32. The lowest BCUT2D eigenvalue weighted by Crippen LogP contribution is -2.39. The fourth-order valence-corrected chi connectivity index (χ4v) is 3.09. The second-order valence-electron chi connectivity index (χ2n) is 6.24. The quantitative estimate of drug-likeness (QED) is 0.891. The van der Waals surface area contributed by atoms with Crippen LogP contribution < -0.4 is 10.6 Å². The molecule has 3 N–H and O–H groups in total. The van der Waals surface area contributed by atoms with E-state index in [1.807, 2.05) is 24.9 Å². The van der Waals surface area contributed by atoms with Gasteiger partial charge in [-0.05, 0) is 49.9 Å². The number of nitrogens with two attached hydrogens (primary N) is 1. The minimum absolute atomic E-state index is 0.228. The van der Waals surface area contributed by atoms with Crippen molar-refractivity contribution >= 4 is 5.69 Å². The van der Waals surface area contributed by atoms with Crippen molar-refractivity contribution in [3.63, 3.8) is 0 Å². The molecule has 1 aromatic rings. The third-order valence-electron chi connectivity index (χ3n) is 4.28. The molecule has 1 aliphatic rings. The SMILES string of the molecule is Cc1cc(N(C)CC2(O)CCCC2)c([C@H](C)N)cc1F. The van der Waals surface area contributed by atoms with E-state index in [1.165, 1.54) is 6.07 Å². The highest BCUT2D eigenvalue weighted by Gasteiger charge is 2.32. The Morgan fingerprint density at radius 1 is 1.40 bits per heavy atom. The van der Waals surface area contributed by atoms with Crippen molar-refractivity contribution < 1.29 is 9.50 Å². The third-order valence-corrected chi connectivity index (χ3v) is 4.28. The first-order valence-electron chi connectivity index (χ1n) is 7.31. The van der Waals surface area contributed by atoms with Crippen LogP contribution in [0, 0.1) is 12.7 Å². The fourth-order valence-electron chi connectivity index (χ4n) is 3.09. The van der Waals surface area contributed by atoms with Crippen LogP contribution in [0.25, 0.3) is 0 Å². The zero-order chi connectivity index (χ0) is 14.9. The molecule has 0 saturated heterocycles. The van der Waals surface area contributed by atoms with E-state index < -0.39 is 5.60 Å². The van der Waals surface area contributed by atoms with Gasteiger partial charge in [-0.25, -0.2) is 4.39 Å². The Morgan fingerprint density at radius 3 is 2.55 bits per heavy atom. The number of halogens is 1. The van der Waals surface area contributed by atoms with Crippen LogP contribution in [0.15, 0.2) is 12.1 Å². The van der Waals surface area contributed by atoms with Crippen molar-refractivity contribution in [3.05, 3.63) is 29.1 Å². The van der Waals surface area contributed by atoms with Crippen molar-refractivity contribution in [2.45, 2.75) is 51.2 Å². The van der Waals surface area contributed by atoms with Crippen LogP contribution in [0.2, 0.25) is 0 Å². The van der Waals surface area contributed by atoms with Gasteiger partial charge in [-0.2, -0.15) is 0 Å². The highest BCUT2D eigenvalue weighted by atomic mass is 19.1. The summed E-state index contributed by atoms with van der Waals surface area (Å²) in [6.45, 7) is 4.17. The van der Waals surface area contributed by atoms with Crippen LogP contribution in [-0.4, -0.2) is 24.3 Å². The van der Waals surface area contributed by atoms with Gasteiger partial charge in [0.25, 0.3) is 0 Å². The predicted octanol–water partition coefficient (Wildman–Crippen LogP) is 2.90. The smallest absolute Gasteiger partial charge is 0.126 e. The number of aliphatic hydroxyl groups is 1. The maximum Gasteiger partial charge on any atom is 0.126 e. The average Bonchev–Trinajstić information content (AvgIpc) is 2.78. The van der Waals surface area contributed by atoms with Gasteiger partial charge < -0.3 is 15.7 Å². The summed E-state index contributed by atoms with van der Waals surface area (Å²) < 4.78 is 13.7. The molecule has 0 spiro atoms. The Hall–Kier alpha value is -1.13. The normalized spacial score (nSPS) is 19.1. The maximum absolute atomic E-state index is 13.7. The molecule has 0 unspecified atom stereocenters. The van der Waals surface area contributed by atoms with E-state index in [-0.39, 0.29) is 11.9 Å². The van der Waals surface area contributed by atoms with Gasteiger partial charge >= 0.3 is 0 Å². The lowest BCUT2D eigenvalue weighted by molar-refractivity contribution is 0.0559. The fraction of sp³-hybridized carbons (Fsp3) is 0.625. The Kier molecular flexibility index (Phi) is 4.35. The van der Waals surface area contributed by atoms with Gasteiger partial charge in [0.1, 0.15) is 5.82 Å². The number of rotatable bonds is 4. The average molecular weight is 280 g/mol. The van der Waals surface area contributed by atoms with E-state index in [2.05, 4.69) is 0 Å². The maximum atomic E-state index is 13.7. The topological polar surface area (TPSA) is 49.5 Å². The highest BCUT2D eigenvalue weighted by Crippen LogP contribution is 2.33. The number of hydrogen-bond acceptors (Lipinski definition) is 3. The lowest BCUT2D eigenvalue weighted by Gasteiger charge is -2.32. The van der Waals surface area contributed by atoms with Gasteiger partial charge in [0.2, 0.25) is 0 Å². The Balaban J connectivity index is 2.28. The number of benzene rings is 1. The van der Waals surface area contributed by atoms with Crippen molar-refractivity contribution in [1.82, 2.24) is 0 Å². The minimum Gasteiger partial charge on any atom is -0.388 e. The molecule has 1 fully saturated rings. The summed E-state index contributed by atoms with van der Waals surface area (Å²) in [5.41, 5.74) is 7.65. The molecule has 0 bridgehead atoms. The molecule has 4 heteroatoms. The molecule has 1 atom stereocenters. The monoisotopic (exact) mass is 280 g/mol. The number of anilines is 1. The van der Waals surface area contributed by atoms with E-state index in [4.69, 9.17) is 5.73 Å². The predicted molar refractivity (Wildman–Crippen MR) is 80.4 cm³/mol. The molecule has 1 aliphatic carbocycles. The van der Waals surface area contributed by atoms with Crippen molar-refractivity contribution in [2.75, 3.05) is 18.5 Å². The second kappa shape index (κ2) is 5.70. The Bertz CT molecular complexity index is 482. The number of nitrogens with zero attached hydrogens (tertiary/aromatic N) is 1. The van der Waals surface area contributed by atoms with Gasteiger partial charge in [-0.3, -0.25) is 0 Å². The summed E-state index contributed by atoms with van der Waals surface area (Å²) in [6, 6.07) is 3.11. The Morgan fingerprint density at radius 2 is 2.00 bits per heavy atom. The summed E-state index contributed by atoms with van der Waals surface area (Å²) in [5.74, 6) is -0.228. The lowest BCUT2D eigenvalue weighted by atomic mass is 9.99. The van der Waals surface area contributed by atoms with E-state index in [0.29, 0.717) is 12.1 Å². The number of aryl methyl sites for hydroxylation is 1. The van der Waals surface area contributed by atoms with Crippen LogP contribution >= 0.6 is 0 Å². The first kappa shape index (κ1) is 15.3. The number of likely N-dealkylation sites (N-methyl/N-ethyl adjacent to an activating group) is 1. The Labute approximate surface area is 120 Å². The van der Waals surface area contributed by atoms with Crippen molar-refractivity contribution in [1.29, 1.82) is 0 Å². The van der Waals surface area contributed by atoms with E-state index in [1.54, 1.807) is 6.92 Å². The van der Waals surface area contributed by atoms with Gasteiger partial charge in [-0.1, -0.05) is 12.8 Å². The molecular formula is C16H25FN2O.